The van der Waals surface area contributed by atoms with Crippen LogP contribution < -0.4 is 19.7 Å². The Morgan fingerprint density at radius 3 is 2.79 bits per heavy atom. The molecule has 0 spiro atoms. The predicted molar refractivity (Wildman–Crippen MR) is 112 cm³/mol. The Balaban J connectivity index is 1.32. The molecule has 1 amide bonds. The van der Waals surface area contributed by atoms with Crippen LogP contribution in [0.3, 0.4) is 0 Å². The van der Waals surface area contributed by atoms with E-state index in [1.807, 2.05) is 0 Å². The number of quaternary nitrogens is 1. The highest BCUT2D eigenvalue weighted by atomic mass is 32.1. The van der Waals surface area contributed by atoms with Crippen LogP contribution in [0.15, 0.2) is 60.0 Å². The molecule has 2 aliphatic rings. The van der Waals surface area contributed by atoms with E-state index in [4.69, 9.17) is 9.47 Å². The van der Waals surface area contributed by atoms with Gasteiger partial charge in [0.2, 0.25) is 6.79 Å². The molecule has 2 N–H and O–H groups in total. The normalized spacial score (nSPS) is 18.1. The molecule has 5 rings (SSSR count). The van der Waals surface area contributed by atoms with Crippen molar-refractivity contribution in [3.8, 4) is 11.5 Å². The maximum Gasteiger partial charge on any atom is 0.251 e. The molecule has 29 heavy (non-hydrogen) atoms. The van der Waals surface area contributed by atoms with Crippen LogP contribution in [-0.2, 0) is 13.0 Å². The number of carbonyl (C=O) groups excluding carboxylic acids is 1. The summed E-state index contributed by atoms with van der Waals surface area (Å²) in [6, 6.07) is 18.5. The number of benzene rings is 2. The lowest BCUT2D eigenvalue weighted by atomic mass is 9.98. The van der Waals surface area contributed by atoms with Crippen LogP contribution in [-0.4, -0.2) is 25.8 Å². The highest BCUT2D eigenvalue weighted by Crippen LogP contribution is 2.32. The summed E-state index contributed by atoms with van der Waals surface area (Å²) in [5, 5.41) is 5.26. The number of ether oxygens (including phenoxy) is 2. The van der Waals surface area contributed by atoms with Crippen LogP contribution in [0.2, 0.25) is 0 Å². The molecule has 1 unspecified atom stereocenters. The molecular formula is C23H23N2O3S+. The fourth-order valence-electron chi connectivity index (χ4n) is 4.17. The van der Waals surface area contributed by atoms with Crippen LogP contribution in [0.25, 0.3) is 0 Å². The minimum absolute atomic E-state index is 0.0818. The number of thiophene rings is 1. The molecule has 0 aliphatic carbocycles. The molecule has 0 saturated heterocycles. The summed E-state index contributed by atoms with van der Waals surface area (Å²) in [7, 11) is 0. The van der Waals surface area contributed by atoms with Crippen molar-refractivity contribution in [2.75, 3.05) is 19.9 Å². The summed E-state index contributed by atoms with van der Waals surface area (Å²) in [5.41, 5.74) is 3.46. The largest absolute Gasteiger partial charge is 0.454 e. The maximum atomic E-state index is 12.8. The van der Waals surface area contributed by atoms with Crippen molar-refractivity contribution in [1.82, 2.24) is 5.32 Å². The summed E-state index contributed by atoms with van der Waals surface area (Å²) < 4.78 is 10.7. The first-order chi connectivity index (χ1) is 14.3. The van der Waals surface area contributed by atoms with Gasteiger partial charge in [0.1, 0.15) is 12.6 Å². The van der Waals surface area contributed by atoms with Gasteiger partial charge in [-0.25, -0.2) is 0 Å². The average molecular weight is 408 g/mol. The van der Waals surface area contributed by atoms with Crippen molar-refractivity contribution in [2.24, 2.45) is 0 Å². The van der Waals surface area contributed by atoms with Gasteiger partial charge in [-0.05, 0) is 35.2 Å². The standard InChI is InChI=1S/C23H22N2O3S/c26-23(17-7-8-20-21(12-17)28-15-27-20)24-13-19(22-6-3-11-29-22)25-10-9-16-4-1-2-5-18(16)14-25/h1-8,11-12,19H,9-10,13-15H2,(H,24,26)/p+1/t19-/m0/s1. The fraction of sp³-hybridized carbons (Fsp3) is 0.261. The SMILES string of the molecule is O=C(NC[C@@H](c1cccs1)[NH+]1CCc2ccccc2C1)c1ccc2c(c1)OCO2. The molecule has 0 saturated carbocycles. The summed E-state index contributed by atoms with van der Waals surface area (Å²) in [4.78, 5) is 15.6. The first-order valence-corrected chi connectivity index (χ1v) is 10.8. The zero-order valence-electron chi connectivity index (χ0n) is 16.0. The number of fused-ring (bicyclic) bond motifs is 2. The average Bonchev–Trinajstić information content (AvgIpc) is 3.45. The van der Waals surface area contributed by atoms with E-state index in [0.717, 1.165) is 19.5 Å². The third-order valence-electron chi connectivity index (χ3n) is 5.73. The van der Waals surface area contributed by atoms with Gasteiger partial charge in [0.05, 0.1) is 18.0 Å². The first kappa shape index (κ1) is 18.2. The summed E-state index contributed by atoms with van der Waals surface area (Å²) in [6.45, 7) is 2.87. The van der Waals surface area contributed by atoms with Crippen molar-refractivity contribution in [3.63, 3.8) is 0 Å². The minimum Gasteiger partial charge on any atom is -0.454 e. The third-order valence-corrected chi connectivity index (χ3v) is 6.72. The van der Waals surface area contributed by atoms with E-state index >= 15 is 0 Å². The molecule has 2 atom stereocenters. The van der Waals surface area contributed by atoms with Gasteiger partial charge in [0, 0.05) is 17.5 Å². The van der Waals surface area contributed by atoms with Gasteiger partial charge in [-0.15, -0.1) is 11.3 Å². The third kappa shape index (κ3) is 3.73. The second-order valence-corrected chi connectivity index (χ2v) is 8.43. The van der Waals surface area contributed by atoms with E-state index in [0.29, 0.717) is 23.6 Å². The van der Waals surface area contributed by atoms with Crippen LogP contribution in [0.1, 0.15) is 32.4 Å². The molecule has 1 aromatic heterocycles. The Morgan fingerprint density at radius 2 is 1.93 bits per heavy atom. The van der Waals surface area contributed by atoms with E-state index in [-0.39, 0.29) is 18.7 Å². The van der Waals surface area contributed by atoms with Gasteiger partial charge in [0.25, 0.3) is 5.91 Å². The highest BCUT2D eigenvalue weighted by molar-refractivity contribution is 7.10. The molecule has 148 valence electrons. The number of rotatable bonds is 5. The molecule has 3 aromatic rings. The second kappa shape index (κ2) is 7.89. The molecule has 3 heterocycles. The molecule has 2 aromatic carbocycles. The molecule has 2 aliphatic heterocycles. The highest BCUT2D eigenvalue weighted by Gasteiger charge is 2.29. The molecule has 0 radical (unpaired) electrons. The lowest BCUT2D eigenvalue weighted by Crippen LogP contribution is -3.12. The monoisotopic (exact) mass is 407 g/mol. The van der Waals surface area contributed by atoms with Crippen molar-refractivity contribution < 1.29 is 19.2 Å². The fourth-order valence-corrected chi connectivity index (χ4v) is 5.06. The molecule has 5 nitrogen and oxygen atoms in total. The maximum absolute atomic E-state index is 12.8. The molecular weight excluding hydrogens is 384 g/mol. The van der Waals surface area contributed by atoms with Crippen LogP contribution >= 0.6 is 11.3 Å². The van der Waals surface area contributed by atoms with E-state index in [1.165, 1.54) is 20.9 Å². The Morgan fingerprint density at radius 1 is 1.07 bits per heavy atom. The first-order valence-electron chi connectivity index (χ1n) is 9.90. The molecule has 0 fully saturated rings. The van der Waals surface area contributed by atoms with E-state index in [2.05, 4.69) is 47.1 Å². The molecule has 0 bridgehead atoms. The quantitative estimate of drug-likeness (QED) is 0.684. The van der Waals surface area contributed by atoms with E-state index in [9.17, 15) is 4.79 Å². The Labute approximate surface area is 173 Å². The van der Waals surface area contributed by atoms with E-state index < -0.39 is 0 Å². The van der Waals surface area contributed by atoms with Crippen molar-refractivity contribution in [3.05, 3.63) is 81.5 Å². The summed E-state index contributed by atoms with van der Waals surface area (Å²) >= 11 is 1.76. The number of nitrogens with one attached hydrogen (secondary N) is 2. The van der Waals surface area contributed by atoms with Crippen molar-refractivity contribution in [2.45, 2.75) is 19.0 Å². The van der Waals surface area contributed by atoms with E-state index in [1.54, 1.807) is 29.5 Å². The van der Waals surface area contributed by atoms with Crippen LogP contribution in [0.5, 0.6) is 11.5 Å². The van der Waals surface area contributed by atoms with Crippen LogP contribution in [0.4, 0.5) is 0 Å². The smallest absolute Gasteiger partial charge is 0.251 e. The lowest BCUT2D eigenvalue weighted by molar-refractivity contribution is -0.945. The summed E-state index contributed by atoms with van der Waals surface area (Å²) in [6.07, 6.45) is 1.07. The predicted octanol–water partition coefficient (Wildman–Crippen LogP) is 2.59. The second-order valence-electron chi connectivity index (χ2n) is 7.45. The minimum atomic E-state index is -0.0818. The Hall–Kier alpha value is -2.83. The van der Waals surface area contributed by atoms with Gasteiger partial charge in [-0.2, -0.15) is 0 Å². The van der Waals surface area contributed by atoms with Gasteiger partial charge in [-0.1, -0.05) is 30.3 Å². The topological polar surface area (TPSA) is 52.0 Å². The summed E-state index contributed by atoms with van der Waals surface area (Å²) in [5.74, 6) is 1.24. The molecule has 6 heteroatoms. The van der Waals surface area contributed by atoms with Gasteiger partial charge in [0.15, 0.2) is 11.5 Å². The van der Waals surface area contributed by atoms with Crippen molar-refractivity contribution >= 4 is 17.2 Å². The number of carbonyl (C=O) groups is 1. The number of hydrogen-bond donors (Lipinski definition) is 2. The zero-order valence-corrected chi connectivity index (χ0v) is 16.8. The zero-order chi connectivity index (χ0) is 19.6. The Bertz CT molecular complexity index is 1020. The van der Waals surface area contributed by atoms with Gasteiger partial charge < -0.3 is 19.7 Å². The van der Waals surface area contributed by atoms with Gasteiger partial charge in [-0.3, -0.25) is 4.79 Å². The van der Waals surface area contributed by atoms with Gasteiger partial charge >= 0.3 is 0 Å². The number of amides is 1. The van der Waals surface area contributed by atoms with Crippen LogP contribution in [0, 0.1) is 0 Å². The Kier molecular flexibility index (Phi) is 4.96. The lowest BCUT2D eigenvalue weighted by Gasteiger charge is -2.32. The number of hydrogen-bond acceptors (Lipinski definition) is 4. The van der Waals surface area contributed by atoms with Crippen molar-refractivity contribution in [1.29, 1.82) is 0 Å².